The Balaban J connectivity index is 0.00000274. The second-order valence-corrected chi connectivity index (χ2v) is 7.97. The normalized spacial score (nSPS) is 15.2. The third-order valence-corrected chi connectivity index (χ3v) is 6.09. The number of hydrogen-bond donors (Lipinski definition) is 1. The quantitative estimate of drug-likeness (QED) is 0.439. The van der Waals surface area contributed by atoms with Gasteiger partial charge in [-0.2, -0.15) is 0 Å². The molecule has 2 aromatic carbocycles. The van der Waals surface area contributed by atoms with E-state index < -0.39 is 0 Å². The third kappa shape index (κ3) is 4.06. The lowest BCUT2D eigenvalue weighted by Gasteiger charge is -2.09. The minimum atomic E-state index is -0.367. The van der Waals surface area contributed by atoms with E-state index >= 15 is 0 Å². The van der Waals surface area contributed by atoms with Gasteiger partial charge in [-0.05, 0) is 48.4 Å². The molecule has 1 fully saturated rings. The van der Waals surface area contributed by atoms with Gasteiger partial charge in [0.25, 0.3) is 0 Å². The van der Waals surface area contributed by atoms with E-state index in [2.05, 4.69) is 10.3 Å². The second-order valence-electron chi connectivity index (χ2n) is 7.97. The molecule has 0 spiro atoms. The fraction of sp³-hybridized carbons (Fsp3) is 0.240. The summed E-state index contributed by atoms with van der Waals surface area (Å²) in [7, 11) is 2.95. The van der Waals surface area contributed by atoms with Gasteiger partial charge in [-0.1, -0.05) is 24.3 Å². The number of methoxy groups -OCH3 is 2. The first kappa shape index (κ1) is 23.5. The molecule has 5 rings (SSSR count). The highest BCUT2D eigenvalue weighted by atomic mass is 35.5. The van der Waals surface area contributed by atoms with Gasteiger partial charge in [0.15, 0.2) is 5.65 Å². The second kappa shape index (κ2) is 9.70. The number of nitrogens with one attached hydrogen (secondary N) is 1. The molecule has 3 heterocycles. The number of carbonyl (C=O) groups excluding carboxylic acids is 1. The summed E-state index contributed by atoms with van der Waals surface area (Å²) in [6, 6.07) is 16.9. The van der Waals surface area contributed by atoms with Crippen molar-refractivity contribution < 1.29 is 14.3 Å². The number of benzene rings is 2. The lowest BCUT2D eigenvalue weighted by Crippen LogP contribution is -2.28. The number of pyridine rings is 1. The summed E-state index contributed by atoms with van der Waals surface area (Å²) in [6.45, 7) is 1.62. The Morgan fingerprint density at radius 2 is 1.74 bits per heavy atom. The van der Waals surface area contributed by atoms with Crippen molar-refractivity contribution in [1.82, 2.24) is 19.4 Å². The number of ether oxygens (including phenoxy) is 2. The van der Waals surface area contributed by atoms with Gasteiger partial charge >= 0.3 is 11.7 Å². The summed E-state index contributed by atoms with van der Waals surface area (Å²) < 4.78 is 13.6. The number of fused-ring (bicyclic) bond motifs is 1. The molecule has 1 aliphatic rings. The van der Waals surface area contributed by atoms with Gasteiger partial charge in [-0.25, -0.2) is 14.6 Å². The molecule has 1 saturated heterocycles. The monoisotopic (exact) mass is 480 g/mol. The van der Waals surface area contributed by atoms with Crippen LogP contribution in [0.25, 0.3) is 28.0 Å². The molecule has 0 bridgehead atoms. The minimum absolute atomic E-state index is 0. The predicted octanol–water partition coefficient (Wildman–Crippen LogP) is 3.61. The van der Waals surface area contributed by atoms with E-state index in [1.54, 1.807) is 34.6 Å². The molecule has 0 unspecified atom stereocenters. The zero-order valence-corrected chi connectivity index (χ0v) is 19.7. The zero-order chi connectivity index (χ0) is 22.9. The van der Waals surface area contributed by atoms with E-state index in [1.807, 2.05) is 42.5 Å². The molecule has 34 heavy (non-hydrogen) atoms. The number of imidazole rings is 1. The number of hydrogen-bond acceptors (Lipinski definition) is 6. The number of halogens is 1. The fourth-order valence-electron chi connectivity index (χ4n) is 4.35. The maximum atomic E-state index is 13.5. The van der Waals surface area contributed by atoms with Gasteiger partial charge in [0, 0.05) is 12.6 Å². The summed E-state index contributed by atoms with van der Waals surface area (Å²) in [5, 5.41) is 3.32. The molecule has 9 heteroatoms. The van der Waals surface area contributed by atoms with Crippen molar-refractivity contribution in [3.8, 4) is 22.6 Å². The van der Waals surface area contributed by atoms with Crippen molar-refractivity contribution in [3.63, 3.8) is 0 Å². The Labute approximate surface area is 202 Å². The van der Waals surface area contributed by atoms with E-state index in [0.717, 1.165) is 36.3 Å². The molecular formula is C25H25ClN4O4. The minimum Gasteiger partial charge on any atom is -0.495 e. The van der Waals surface area contributed by atoms with E-state index in [1.165, 1.54) is 7.11 Å². The van der Waals surface area contributed by atoms with Crippen LogP contribution in [-0.4, -0.2) is 47.4 Å². The summed E-state index contributed by atoms with van der Waals surface area (Å²) in [5.41, 5.74) is 4.43. The van der Waals surface area contributed by atoms with Crippen molar-refractivity contribution in [2.75, 3.05) is 27.3 Å². The van der Waals surface area contributed by atoms with Gasteiger partial charge in [0.2, 0.25) is 0 Å². The average Bonchev–Trinajstić information content (AvgIpc) is 3.48. The molecule has 4 aromatic rings. The summed E-state index contributed by atoms with van der Waals surface area (Å²) >= 11 is 0. The largest absolute Gasteiger partial charge is 0.495 e. The topological polar surface area (TPSA) is 87.4 Å². The van der Waals surface area contributed by atoms with Crippen LogP contribution >= 0.6 is 12.4 Å². The number of carbonyl (C=O) groups is 1. The molecule has 0 amide bonds. The van der Waals surface area contributed by atoms with Crippen molar-refractivity contribution in [2.45, 2.75) is 12.5 Å². The van der Waals surface area contributed by atoms with Crippen molar-refractivity contribution in [1.29, 1.82) is 0 Å². The zero-order valence-electron chi connectivity index (χ0n) is 18.9. The first-order valence-electron chi connectivity index (χ1n) is 10.8. The van der Waals surface area contributed by atoms with Crippen LogP contribution in [0.3, 0.4) is 0 Å². The molecular weight excluding hydrogens is 456 g/mol. The highest BCUT2D eigenvalue weighted by molar-refractivity contribution is 5.90. The van der Waals surface area contributed by atoms with Gasteiger partial charge in [0.05, 0.1) is 43.2 Å². The molecule has 2 aromatic heterocycles. The van der Waals surface area contributed by atoms with E-state index in [4.69, 9.17) is 9.47 Å². The van der Waals surface area contributed by atoms with Gasteiger partial charge in [0.1, 0.15) is 5.75 Å². The van der Waals surface area contributed by atoms with Crippen LogP contribution in [-0.2, 0) is 4.74 Å². The molecule has 0 aliphatic carbocycles. The van der Waals surface area contributed by atoms with Crippen LogP contribution < -0.4 is 15.7 Å². The van der Waals surface area contributed by atoms with Crippen LogP contribution in [0.4, 0.5) is 0 Å². The number of esters is 1. The summed E-state index contributed by atoms with van der Waals surface area (Å²) in [4.78, 5) is 29.8. The molecule has 0 saturated carbocycles. The number of nitrogens with zero attached hydrogens (tertiary/aromatic N) is 3. The van der Waals surface area contributed by atoms with E-state index in [0.29, 0.717) is 22.5 Å². The first-order chi connectivity index (χ1) is 16.1. The van der Waals surface area contributed by atoms with Gasteiger partial charge in [-0.3, -0.25) is 9.13 Å². The maximum Gasteiger partial charge on any atom is 0.337 e. The van der Waals surface area contributed by atoms with Crippen molar-refractivity contribution >= 4 is 29.5 Å². The lowest BCUT2D eigenvalue weighted by atomic mass is 10.0. The fourth-order valence-corrected chi connectivity index (χ4v) is 4.35. The highest BCUT2D eigenvalue weighted by Gasteiger charge is 2.25. The Bertz CT molecular complexity index is 1370. The van der Waals surface area contributed by atoms with Gasteiger partial charge < -0.3 is 14.8 Å². The summed E-state index contributed by atoms with van der Waals surface area (Å²) in [5.74, 6) is 0.231. The highest BCUT2D eigenvalue weighted by Crippen LogP contribution is 2.27. The first-order valence-corrected chi connectivity index (χ1v) is 10.8. The Kier molecular flexibility index (Phi) is 6.72. The van der Waals surface area contributed by atoms with Crippen LogP contribution in [0.15, 0.2) is 65.6 Å². The maximum absolute atomic E-state index is 13.5. The predicted molar refractivity (Wildman–Crippen MR) is 132 cm³/mol. The molecule has 0 radical (unpaired) electrons. The number of rotatable bonds is 5. The Hall–Kier alpha value is -3.62. The Morgan fingerprint density at radius 3 is 2.32 bits per heavy atom. The van der Waals surface area contributed by atoms with E-state index in [-0.39, 0.29) is 30.1 Å². The molecule has 176 valence electrons. The smallest absolute Gasteiger partial charge is 0.337 e. The lowest BCUT2D eigenvalue weighted by molar-refractivity contribution is 0.0600. The van der Waals surface area contributed by atoms with Crippen molar-refractivity contribution in [3.05, 3.63) is 76.8 Å². The molecule has 1 atom stereocenters. The van der Waals surface area contributed by atoms with Crippen LogP contribution in [0.1, 0.15) is 22.8 Å². The number of aromatic nitrogens is 3. The van der Waals surface area contributed by atoms with Crippen LogP contribution in [0.2, 0.25) is 0 Å². The van der Waals surface area contributed by atoms with Crippen molar-refractivity contribution in [2.24, 2.45) is 0 Å². The third-order valence-electron chi connectivity index (χ3n) is 6.09. The molecule has 1 aliphatic heterocycles. The molecule has 1 N–H and O–H groups in total. The SMILES string of the molecule is COC(=O)c1ccc(-c2ccc(-n3c(=O)n([C@H]4CCNC4)c4ncc(OC)cc43)cc2)cc1.Cl. The molecule has 8 nitrogen and oxygen atoms in total. The van der Waals surface area contributed by atoms with Gasteiger partial charge in [-0.15, -0.1) is 12.4 Å². The average molecular weight is 481 g/mol. The van der Waals surface area contributed by atoms with E-state index in [9.17, 15) is 9.59 Å². The van der Waals surface area contributed by atoms with Crippen LogP contribution in [0.5, 0.6) is 5.75 Å². The Morgan fingerprint density at radius 1 is 1.06 bits per heavy atom. The van der Waals surface area contributed by atoms with Crippen LogP contribution in [0, 0.1) is 0 Å². The summed E-state index contributed by atoms with van der Waals surface area (Å²) in [6.07, 6.45) is 2.53. The standard InChI is InChI=1S/C25H24N4O4.ClH/c1-32-21-13-22-23(27-15-21)29(20-11-12-26-14-20)25(31)28(22)19-9-7-17(8-10-19)16-3-5-18(6-4-16)24(30)33-2;/h3-10,13,15,20,26H,11-12,14H2,1-2H3;1H/t20-;/m0./s1.